The molecule has 5 aliphatic rings. The zero-order valence-electron chi connectivity index (χ0n) is 22.5. The lowest BCUT2D eigenvalue weighted by atomic mass is 9.74. The second-order valence-corrected chi connectivity index (χ2v) is 12.4. The van der Waals surface area contributed by atoms with Crippen LogP contribution in [0.25, 0.3) is 0 Å². The van der Waals surface area contributed by atoms with Crippen LogP contribution >= 0.6 is 15.9 Å². The fourth-order valence-electron chi connectivity index (χ4n) is 7.12. The fourth-order valence-corrected chi connectivity index (χ4v) is 7.39. The highest BCUT2D eigenvalue weighted by Gasteiger charge is 2.73. The molecular weight excluding hydrogens is 590 g/mol. The average molecular weight is 623 g/mol. The van der Waals surface area contributed by atoms with E-state index < -0.39 is 35.7 Å². The Morgan fingerprint density at radius 1 is 1.00 bits per heavy atom. The number of benzene rings is 2. The molecular formula is C31H32BrN3O6. The predicted molar refractivity (Wildman–Crippen MR) is 153 cm³/mol. The Morgan fingerprint density at radius 2 is 1.76 bits per heavy atom. The second kappa shape index (κ2) is 10.5. The number of nitrogens with zero attached hydrogens (tertiary/aromatic N) is 1. The second-order valence-electron chi connectivity index (χ2n) is 11.5. The van der Waals surface area contributed by atoms with E-state index in [9.17, 15) is 14.4 Å². The molecule has 3 fully saturated rings. The van der Waals surface area contributed by atoms with Gasteiger partial charge in [-0.1, -0.05) is 59.5 Å². The Balaban J connectivity index is 1.18. The van der Waals surface area contributed by atoms with Gasteiger partial charge >= 0.3 is 0 Å². The van der Waals surface area contributed by atoms with Crippen LogP contribution in [0.3, 0.4) is 0 Å². The lowest BCUT2D eigenvalue weighted by Gasteiger charge is -2.36. The number of ether oxygens (including phenoxy) is 3. The van der Waals surface area contributed by atoms with Crippen molar-refractivity contribution in [2.75, 3.05) is 18.5 Å². The van der Waals surface area contributed by atoms with Gasteiger partial charge in [-0.2, -0.15) is 0 Å². The molecule has 2 saturated heterocycles. The van der Waals surface area contributed by atoms with Crippen LogP contribution in [0, 0.1) is 11.8 Å². The van der Waals surface area contributed by atoms with E-state index in [0.29, 0.717) is 17.2 Å². The molecule has 41 heavy (non-hydrogen) atoms. The van der Waals surface area contributed by atoms with Gasteiger partial charge in [-0.15, -0.1) is 0 Å². The first-order valence-electron chi connectivity index (χ1n) is 14.4. The maximum absolute atomic E-state index is 14.3. The molecule has 0 radical (unpaired) electrons. The summed E-state index contributed by atoms with van der Waals surface area (Å²) < 4.78 is 19.5. The van der Waals surface area contributed by atoms with Crippen molar-refractivity contribution < 1.29 is 28.6 Å². The minimum atomic E-state index is -1.23. The molecule has 0 aromatic heterocycles. The maximum Gasteiger partial charge on any atom is 0.246 e. The zero-order valence-corrected chi connectivity index (χ0v) is 24.0. The van der Waals surface area contributed by atoms with Gasteiger partial charge in [-0.05, 0) is 49.2 Å². The van der Waals surface area contributed by atoms with E-state index in [1.54, 1.807) is 17.0 Å². The van der Waals surface area contributed by atoms with Gasteiger partial charge < -0.3 is 29.7 Å². The Labute approximate surface area is 246 Å². The van der Waals surface area contributed by atoms with Crippen molar-refractivity contribution in [3.63, 3.8) is 0 Å². The van der Waals surface area contributed by atoms with Crippen LogP contribution in [0.5, 0.6) is 11.5 Å². The largest absolute Gasteiger partial charge is 0.486 e. The summed E-state index contributed by atoms with van der Waals surface area (Å²) >= 11 is 3.41. The predicted octanol–water partition coefficient (Wildman–Crippen LogP) is 3.83. The SMILES string of the molecule is O=C(Nc1ccc(Br)cc1)C1[C@H]2C=CC3(O2)C(C(=O)NC2CCCCC2)N(CC2COc4ccccc4O2)C(=O)[C@@H]13. The summed E-state index contributed by atoms with van der Waals surface area (Å²) in [6.45, 7) is 0.374. The summed E-state index contributed by atoms with van der Waals surface area (Å²) in [6, 6.07) is 13.8. The highest BCUT2D eigenvalue weighted by molar-refractivity contribution is 9.10. The number of hydrogen-bond acceptors (Lipinski definition) is 6. The van der Waals surface area contributed by atoms with Crippen molar-refractivity contribution in [3.05, 3.63) is 65.2 Å². The van der Waals surface area contributed by atoms with Crippen LogP contribution in [0.4, 0.5) is 5.69 Å². The molecule has 1 saturated carbocycles. The van der Waals surface area contributed by atoms with Gasteiger partial charge in [0.2, 0.25) is 17.7 Å². The van der Waals surface area contributed by atoms with E-state index in [0.717, 1.165) is 36.6 Å². The first-order valence-corrected chi connectivity index (χ1v) is 15.2. The van der Waals surface area contributed by atoms with E-state index in [2.05, 4.69) is 26.6 Å². The Morgan fingerprint density at radius 3 is 2.54 bits per heavy atom. The highest BCUT2D eigenvalue weighted by Crippen LogP contribution is 2.55. The van der Waals surface area contributed by atoms with Crippen molar-refractivity contribution in [2.24, 2.45) is 11.8 Å². The van der Waals surface area contributed by atoms with Gasteiger partial charge in [0.05, 0.1) is 24.5 Å². The van der Waals surface area contributed by atoms with E-state index in [4.69, 9.17) is 14.2 Å². The van der Waals surface area contributed by atoms with Crippen LogP contribution < -0.4 is 20.1 Å². The monoisotopic (exact) mass is 621 g/mol. The minimum absolute atomic E-state index is 0.0591. The minimum Gasteiger partial charge on any atom is -0.486 e. The number of nitrogens with one attached hydrogen (secondary N) is 2. The molecule has 6 atom stereocenters. The number of para-hydroxylation sites is 2. The summed E-state index contributed by atoms with van der Waals surface area (Å²) in [5.41, 5.74) is -0.602. The summed E-state index contributed by atoms with van der Waals surface area (Å²) in [6.07, 6.45) is 7.71. The van der Waals surface area contributed by atoms with Gasteiger partial charge in [0.15, 0.2) is 17.6 Å². The number of fused-ring (bicyclic) bond motifs is 2. The third kappa shape index (κ3) is 4.61. The molecule has 1 spiro atoms. The number of rotatable bonds is 6. The van der Waals surface area contributed by atoms with Crippen molar-refractivity contribution in [1.29, 1.82) is 0 Å². The van der Waals surface area contributed by atoms with Gasteiger partial charge in [0, 0.05) is 16.2 Å². The number of halogens is 1. The molecule has 4 heterocycles. The van der Waals surface area contributed by atoms with E-state index in [1.165, 1.54) is 0 Å². The molecule has 9 nitrogen and oxygen atoms in total. The highest BCUT2D eigenvalue weighted by atomic mass is 79.9. The molecule has 3 amide bonds. The number of carbonyl (C=O) groups is 3. The Bertz CT molecular complexity index is 1390. The molecule has 2 aromatic carbocycles. The first-order chi connectivity index (χ1) is 19.9. The molecule has 2 N–H and O–H groups in total. The van der Waals surface area contributed by atoms with Crippen LogP contribution in [0.2, 0.25) is 0 Å². The van der Waals surface area contributed by atoms with Crippen molar-refractivity contribution in [3.8, 4) is 11.5 Å². The standard InChI is InChI=1S/C31H32BrN3O6/c32-18-10-12-20(13-11-18)33-28(36)25-24-14-15-31(41-24)26(25)30(38)35(27(31)29(37)34-19-6-2-1-3-7-19)16-21-17-39-22-8-4-5-9-23(22)40-21/h4-5,8-15,19,21,24-27H,1-3,6-7,16-17H2,(H,33,36)(H,34,37)/t21?,24-,25?,26-,27?,31?/m1/s1. The van der Waals surface area contributed by atoms with Crippen LogP contribution in [0.15, 0.2) is 65.2 Å². The zero-order chi connectivity index (χ0) is 28.1. The van der Waals surface area contributed by atoms with Crippen molar-refractivity contribution in [1.82, 2.24) is 10.2 Å². The maximum atomic E-state index is 14.3. The molecule has 1 aliphatic carbocycles. The summed E-state index contributed by atoms with van der Waals surface area (Å²) in [5, 5.41) is 6.17. The molecule has 2 aromatic rings. The average Bonchev–Trinajstić information content (AvgIpc) is 3.62. The quantitative estimate of drug-likeness (QED) is 0.475. The van der Waals surface area contributed by atoms with Gasteiger partial charge in [0.25, 0.3) is 0 Å². The summed E-state index contributed by atoms with van der Waals surface area (Å²) in [5.74, 6) is -1.18. The lowest BCUT2D eigenvalue weighted by Crippen LogP contribution is -2.58. The number of carbonyl (C=O) groups excluding carboxylic acids is 3. The van der Waals surface area contributed by atoms with E-state index >= 15 is 0 Å². The fraction of sp³-hybridized carbons (Fsp3) is 0.452. The summed E-state index contributed by atoms with van der Waals surface area (Å²) in [7, 11) is 0. The summed E-state index contributed by atoms with van der Waals surface area (Å²) in [4.78, 5) is 43.5. The molecule has 7 rings (SSSR count). The third-order valence-electron chi connectivity index (χ3n) is 8.96. The van der Waals surface area contributed by atoms with Gasteiger partial charge in [0.1, 0.15) is 18.2 Å². The van der Waals surface area contributed by atoms with Gasteiger partial charge in [-0.3, -0.25) is 14.4 Å². The van der Waals surface area contributed by atoms with Crippen LogP contribution in [-0.2, 0) is 19.1 Å². The van der Waals surface area contributed by atoms with Crippen LogP contribution in [0.1, 0.15) is 32.1 Å². The van der Waals surface area contributed by atoms with E-state index in [-0.39, 0.29) is 36.9 Å². The Hall–Kier alpha value is -3.37. The van der Waals surface area contributed by atoms with Crippen molar-refractivity contribution in [2.45, 2.75) is 62.0 Å². The first kappa shape index (κ1) is 26.5. The third-order valence-corrected chi connectivity index (χ3v) is 9.48. The number of likely N-dealkylation sites (tertiary alicyclic amines) is 1. The molecule has 214 valence electrons. The normalized spacial score (nSPS) is 31.7. The smallest absolute Gasteiger partial charge is 0.246 e. The van der Waals surface area contributed by atoms with Crippen molar-refractivity contribution >= 4 is 39.3 Å². The molecule has 2 bridgehead atoms. The van der Waals surface area contributed by atoms with E-state index in [1.807, 2.05) is 48.6 Å². The molecule has 4 unspecified atom stereocenters. The van der Waals surface area contributed by atoms with Gasteiger partial charge in [-0.25, -0.2) is 0 Å². The molecule has 10 heteroatoms. The number of anilines is 1. The number of hydrogen-bond donors (Lipinski definition) is 2. The van der Waals surface area contributed by atoms with Crippen LogP contribution in [-0.4, -0.2) is 65.7 Å². The molecule has 4 aliphatic heterocycles. The Kier molecular flexibility index (Phi) is 6.78. The topological polar surface area (TPSA) is 106 Å². The lowest BCUT2D eigenvalue weighted by molar-refractivity contribution is -0.143. The number of amides is 3.